The standard InChI is InChI=1S/C58H41NO/c1-58(2)53-28-12-13-29-55(53)59(44-20-4-3-5-21-44)56-33-31-41(37-54(56)58)39-17-14-16-38(34-39)40-18-15-19-42(35-40)57(60)43-30-32-51-49-26-9-8-24-47(49)45-22-6-7-23-46(45)48-25-10-11-27-50(48)52(51)36-43/h3-37H,1-2H3. The van der Waals surface area contributed by atoms with Gasteiger partial charge < -0.3 is 4.90 Å². The first-order valence-corrected chi connectivity index (χ1v) is 20.7. The van der Waals surface area contributed by atoms with Crippen LogP contribution in [0.4, 0.5) is 17.1 Å². The minimum Gasteiger partial charge on any atom is -0.310 e. The van der Waals surface area contributed by atoms with Gasteiger partial charge in [0.2, 0.25) is 0 Å². The van der Waals surface area contributed by atoms with E-state index in [1.165, 1.54) is 39.2 Å². The molecular formula is C58H41NO. The van der Waals surface area contributed by atoms with E-state index in [0.29, 0.717) is 11.1 Å². The third kappa shape index (κ3) is 5.75. The lowest BCUT2D eigenvalue weighted by Crippen LogP contribution is -2.30. The van der Waals surface area contributed by atoms with Gasteiger partial charge in [0, 0.05) is 22.2 Å². The highest BCUT2D eigenvalue weighted by Gasteiger charge is 2.37. The van der Waals surface area contributed by atoms with Gasteiger partial charge >= 0.3 is 0 Å². The third-order valence-electron chi connectivity index (χ3n) is 12.6. The first-order chi connectivity index (χ1) is 29.4. The van der Waals surface area contributed by atoms with Crippen LogP contribution in [0, 0.1) is 0 Å². The van der Waals surface area contributed by atoms with Crippen LogP contribution in [0.1, 0.15) is 40.9 Å². The second kappa shape index (κ2) is 14.1. The fraction of sp³-hybridized carbons (Fsp3) is 0.0517. The van der Waals surface area contributed by atoms with Gasteiger partial charge in [0.1, 0.15) is 0 Å². The first-order valence-electron chi connectivity index (χ1n) is 20.7. The highest BCUT2D eigenvalue weighted by molar-refractivity contribution is 6.12. The summed E-state index contributed by atoms with van der Waals surface area (Å²) in [6.07, 6.45) is 0. The lowest BCUT2D eigenvalue weighted by atomic mass is 9.73. The van der Waals surface area contributed by atoms with Crippen LogP contribution in [0.25, 0.3) is 66.8 Å². The van der Waals surface area contributed by atoms with E-state index < -0.39 is 0 Å². The summed E-state index contributed by atoms with van der Waals surface area (Å²) in [5.41, 5.74) is 20.9. The number of carbonyl (C=O) groups is 1. The topological polar surface area (TPSA) is 20.3 Å². The number of anilines is 3. The predicted molar refractivity (Wildman–Crippen MR) is 249 cm³/mol. The minimum absolute atomic E-state index is 0.00389. The van der Waals surface area contributed by atoms with Gasteiger partial charge in [-0.3, -0.25) is 4.79 Å². The van der Waals surface area contributed by atoms with Crippen LogP contribution in [0.15, 0.2) is 212 Å². The molecule has 0 radical (unpaired) electrons. The van der Waals surface area contributed by atoms with Crippen molar-refractivity contribution in [2.24, 2.45) is 0 Å². The summed E-state index contributed by atoms with van der Waals surface area (Å²) in [6.45, 7) is 4.66. The van der Waals surface area contributed by atoms with Crippen molar-refractivity contribution in [1.29, 1.82) is 0 Å². The maximum absolute atomic E-state index is 14.5. The average Bonchev–Trinajstić information content (AvgIpc) is 3.31. The van der Waals surface area contributed by atoms with Gasteiger partial charge in [-0.25, -0.2) is 0 Å². The predicted octanol–water partition coefficient (Wildman–Crippen LogP) is 15.3. The van der Waals surface area contributed by atoms with Gasteiger partial charge in [-0.15, -0.1) is 0 Å². The van der Waals surface area contributed by atoms with Crippen LogP contribution in [-0.2, 0) is 5.41 Å². The Labute approximate surface area is 351 Å². The summed E-state index contributed by atoms with van der Waals surface area (Å²) in [7, 11) is 0. The van der Waals surface area contributed by atoms with E-state index in [9.17, 15) is 4.79 Å². The zero-order valence-corrected chi connectivity index (χ0v) is 33.6. The van der Waals surface area contributed by atoms with E-state index in [-0.39, 0.29) is 11.2 Å². The fourth-order valence-electron chi connectivity index (χ4n) is 9.63. The molecule has 0 amide bonds. The lowest BCUT2D eigenvalue weighted by molar-refractivity contribution is 0.103. The van der Waals surface area contributed by atoms with Crippen LogP contribution in [0.5, 0.6) is 0 Å². The molecule has 0 unspecified atom stereocenters. The first kappa shape index (κ1) is 35.6. The SMILES string of the molecule is CC1(C)c2ccccc2N(c2ccccc2)c2ccc(-c3cccc(-c4cccc(C(=O)c5ccc6c(c5)-c5ccccc5-c5ccccc5-c5ccccc5-6)c4)c3)cc21. The van der Waals surface area contributed by atoms with Crippen LogP contribution < -0.4 is 4.90 Å². The Balaban J connectivity index is 0.957. The number of hydrogen-bond acceptors (Lipinski definition) is 2. The molecule has 0 saturated carbocycles. The van der Waals surface area contributed by atoms with Gasteiger partial charge in [0.05, 0.1) is 11.4 Å². The molecule has 0 aromatic heterocycles. The molecule has 2 aliphatic rings. The molecule has 1 heterocycles. The van der Waals surface area contributed by atoms with Crippen LogP contribution in [0.3, 0.4) is 0 Å². The Hall–Kier alpha value is -7.55. The zero-order valence-electron chi connectivity index (χ0n) is 33.6. The molecule has 1 aliphatic heterocycles. The van der Waals surface area contributed by atoms with Crippen molar-refractivity contribution in [1.82, 2.24) is 0 Å². The molecule has 0 saturated heterocycles. The molecule has 0 fully saturated rings. The number of carbonyl (C=O) groups excluding carboxylic acids is 1. The van der Waals surface area contributed by atoms with Gasteiger partial charge in [-0.1, -0.05) is 178 Å². The second-order valence-corrected chi connectivity index (χ2v) is 16.4. The van der Waals surface area contributed by atoms with E-state index in [1.54, 1.807) is 0 Å². The Morgan fingerprint density at radius 1 is 0.350 bits per heavy atom. The average molecular weight is 768 g/mol. The van der Waals surface area contributed by atoms with Crippen LogP contribution >= 0.6 is 0 Å². The normalized spacial score (nSPS) is 13.0. The number of nitrogens with zero attached hydrogens (tertiary/aromatic N) is 1. The number of benzene rings is 9. The van der Waals surface area contributed by atoms with E-state index in [2.05, 4.69) is 207 Å². The summed E-state index contributed by atoms with van der Waals surface area (Å²) in [6, 6.07) is 75.1. The summed E-state index contributed by atoms with van der Waals surface area (Å²) >= 11 is 0. The summed E-state index contributed by atoms with van der Waals surface area (Å²) < 4.78 is 0. The summed E-state index contributed by atoms with van der Waals surface area (Å²) in [5.74, 6) is 0.00389. The van der Waals surface area contributed by atoms with Crippen molar-refractivity contribution in [2.45, 2.75) is 19.3 Å². The molecule has 1 aliphatic carbocycles. The maximum Gasteiger partial charge on any atom is 0.193 e. The van der Waals surface area contributed by atoms with Crippen molar-refractivity contribution in [3.63, 3.8) is 0 Å². The highest BCUT2D eigenvalue weighted by atomic mass is 16.1. The Kier molecular flexibility index (Phi) is 8.35. The molecule has 9 aromatic rings. The van der Waals surface area contributed by atoms with Gasteiger partial charge in [0.15, 0.2) is 5.78 Å². The molecule has 60 heavy (non-hydrogen) atoms. The van der Waals surface area contributed by atoms with Gasteiger partial charge in [-0.05, 0) is 126 Å². The lowest BCUT2D eigenvalue weighted by Gasteiger charge is -2.42. The molecule has 11 rings (SSSR count). The van der Waals surface area contributed by atoms with Crippen molar-refractivity contribution >= 4 is 22.8 Å². The maximum atomic E-state index is 14.5. The molecular weight excluding hydrogens is 727 g/mol. The zero-order chi connectivity index (χ0) is 40.4. The minimum atomic E-state index is -0.204. The fourth-order valence-corrected chi connectivity index (χ4v) is 9.63. The van der Waals surface area contributed by atoms with Crippen molar-refractivity contribution < 1.29 is 4.79 Å². The van der Waals surface area contributed by atoms with Crippen molar-refractivity contribution in [2.75, 3.05) is 4.90 Å². The molecule has 0 atom stereocenters. The number of ketones is 1. The Morgan fingerprint density at radius 3 is 1.45 bits per heavy atom. The smallest absolute Gasteiger partial charge is 0.193 e. The number of rotatable bonds is 5. The Morgan fingerprint density at radius 2 is 0.817 bits per heavy atom. The second-order valence-electron chi connectivity index (χ2n) is 16.4. The van der Waals surface area contributed by atoms with Crippen molar-refractivity contribution in [3.05, 3.63) is 235 Å². The molecule has 0 N–H and O–H groups in total. The summed E-state index contributed by atoms with van der Waals surface area (Å²) in [5, 5.41) is 0. The molecule has 2 nitrogen and oxygen atoms in total. The van der Waals surface area contributed by atoms with E-state index in [0.717, 1.165) is 55.8 Å². The summed E-state index contributed by atoms with van der Waals surface area (Å²) in [4.78, 5) is 16.9. The number of fused-ring (bicyclic) bond motifs is 10. The van der Waals surface area contributed by atoms with Crippen LogP contribution in [0.2, 0.25) is 0 Å². The van der Waals surface area contributed by atoms with Crippen LogP contribution in [-0.4, -0.2) is 5.78 Å². The monoisotopic (exact) mass is 767 g/mol. The largest absolute Gasteiger partial charge is 0.310 e. The molecule has 284 valence electrons. The molecule has 0 bridgehead atoms. The molecule has 0 spiro atoms. The number of para-hydroxylation sites is 2. The van der Waals surface area contributed by atoms with Crippen molar-refractivity contribution in [3.8, 4) is 66.8 Å². The van der Waals surface area contributed by atoms with E-state index >= 15 is 0 Å². The van der Waals surface area contributed by atoms with E-state index in [4.69, 9.17) is 0 Å². The quantitative estimate of drug-likeness (QED) is 0.163. The third-order valence-corrected chi connectivity index (χ3v) is 12.6. The van der Waals surface area contributed by atoms with Gasteiger partial charge in [0.25, 0.3) is 0 Å². The highest BCUT2D eigenvalue weighted by Crippen LogP contribution is 2.53. The molecule has 2 heteroatoms. The van der Waals surface area contributed by atoms with Gasteiger partial charge in [-0.2, -0.15) is 0 Å². The molecule has 9 aromatic carbocycles. The Bertz CT molecular complexity index is 3150. The van der Waals surface area contributed by atoms with E-state index in [1.807, 2.05) is 24.3 Å². The number of hydrogen-bond donors (Lipinski definition) is 0.